The van der Waals surface area contributed by atoms with Crippen LogP contribution in [0.4, 0.5) is 0 Å². The van der Waals surface area contributed by atoms with Gasteiger partial charge in [0.15, 0.2) is 0 Å². The molecule has 1 aliphatic rings. The molecule has 0 radical (unpaired) electrons. The first-order valence-corrected chi connectivity index (χ1v) is 7.97. The lowest BCUT2D eigenvalue weighted by atomic mass is 9.80. The van der Waals surface area contributed by atoms with Gasteiger partial charge in [-0.1, -0.05) is 36.9 Å². The van der Waals surface area contributed by atoms with E-state index in [1.54, 1.807) is 0 Å². The van der Waals surface area contributed by atoms with Gasteiger partial charge in [0, 0.05) is 11.7 Å². The third-order valence-electron chi connectivity index (χ3n) is 4.89. The number of rotatable bonds is 4. The number of aliphatic hydroxyl groups is 1. The van der Waals surface area contributed by atoms with E-state index in [2.05, 4.69) is 62.6 Å². The van der Waals surface area contributed by atoms with E-state index in [-0.39, 0.29) is 5.54 Å². The Morgan fingerprint density at radius 2 is 1.76 bits per heavy atom. The van der Waals surface area contributed by atoms with Crippen LogP contribution in [0.1, 0.15) is 58.9 Å². The number of hydrogen-bond acceptors (Lipinski definition) is 2. The van der Waals surface area contributed by atoms with Crippen molar-refractivity contribution in [3.63, 3.8) is 0 Å². The maximum absolute atomic E-state index is 10.2. The van der Waals surface area contributed by atoms with E-state index < -0.39 is 5.60 Å². The second-order valence-electron chi connectivity index (χ2n) is 7.26. The molecule has 0 unspecified atom stereocenters. The molecule has 0 bridgehead atoms. The van der Waals surface area contributed by atoms with E-state index in [9.17, 15) is 5.11 Å². The third kappa shape index (κ3) is 3.49. The van der Waals surface area contributed by atoms with Crippen LogP contribution in [0, 0.1) is 0 Å². The molecule has 2 nitrogen and oxygen atoms in total. The van der Waals surface area contributed by atoms with Crippen molar-refractivity contribution in [1.29, 1.82) is 0 Å². The molecule has 0 saturated heterocycles. The van der Waals surface area contributed by atoms with E-state index in [0.29, 0.717) is 6.04 Å². The first-order valence-electron chi connectivity index (χ1n) is 7.97. The summed E-state index contributed by atoms with van der Waals surface area (Å²) < 4.78 is 0. The fraction of sp³-hybridized carbons (Fsp3) is 0.579. The molecular weight excluding hydrogens is 258 g/mol. The third-order valence-corrected chi connectivity index (χ3v) is 4.89. The summed E-state index contributed by atoms with van der Waals surface area (Å²) in [6.45, 7) is 12.8. The predicted octanol–water partition coefficient (Wildman–Crippen LogP) is 4.45. The Morgan fingerprint density at radius 3 is 2.24 bits per heavy atom. The van der Waals surface area contributed by atoms with Gasteiger partial charge in [0.2, 0.25) is 0 Å². The number of benzene rings is 1. The van der Waals surface area contributed by atoms with Crippen LogP contribution in [0.2, 0.25) is 0 Å². The number of hydrogen-bond donors (Lipinski definition) is 1. The van der Waals surface area contributed by atoms with Gasteiger partial charge in [-0.25, -0.2) is 0 Å². The second-order valence-corrected chi connectivity index (χ2v) is 7.26. The van der Waals surface area contributed by atoms with E-state index in [1.165, 1.54) is 5.56 Å². The van der Waals surface area contributed by atoms with Crippen molar-refractivity contribution in [1.82, 2.24) is 4.90 Å². The molecule has 116 valence electrons. The summed E-state index contributed by atoms with van der Waals surface area (Å²) >= 11 is 0. The minimum atomic E-state index is -0.492. The molecule has 0 amide bonds. The van der Waals surface area contributed by atoms with Crippen LogP contribution in [0.25, 0.3) is 0 Å². The number of nitrogens with zero attached hydrogens (tertiary/aromatic N) is 1. The smallest absolute Gasteiger partial charge is 0.0621 e. The monoisotopic (exact) mass is 287 g/mol. The first kappa shape index (κ1) is 16.1. The van der Waals surface area contributed by atoms with Crippen molar-refractivity contribution < 1.29 is 5.11 Å². The van der Waals surface area contributed by atoms with Crippen molar-refractivity contribution in [2.75, 3.05) is 0 Å². The highest BCUT2D eigenvalue weighted by atomic mass is 16.3. The minimum Gasteiger partial charge on any atom is -0.390 e. The SMILES string of the molecule is C=C(C)N(C1CCC(C)(O)CC1)C(C)(C)c1ccccc1. The molecule has 2 heteroatoms. The molecule has 1 fully saturated rings. The van der Waals surface area contributed by atoms with Gasteiger partial charge in [0.1, 0.15) is 0 Å². The van der Waals surface area contributed by atoms with Crippen LogP contribution in [0.3, 0.4) is 0 Å². The normalized spacial score (nSPS) is 26.4. The minimum absolute atomic E-state index is 0.0824. The summed E-state index contributed by atoms with van der Waals surface area (Å²) in [5, 5.41) is 10.2. The molecule has 0 atom stereocenters. The van der Waals surface area contributed by atoms with Crippen LogP contribution in [-0.2, 0) is 5.54 Å². The van der Waals surface area contributed by atoms with Crippen LogP contribution in [0.15, 0.2) is 42.6 Å². The Labute approximate surface area is 129 Å². The van der Waals surface area contributed by atoms with Gasteiger partial charge in [-0.15, -0.1) is 0 Å². The molecule has 2 rings (SSSR count). The van der Waals surface area contributed by atoms with Gasteiger partial charge in [-0.05, 0) is 58.9 Å². The molecule has 0 heterocycles. The van der Waals surface area contributed by atoms with Gasteiger partial charge >= 0.3 is 0 Å². The lowest BCUT2D eigenvalue weighted by Crippen LogP contribution is -2.49. The van der Waals surface area contributed by atoms with Gasteiger partial charge in [-0.3, -0.25) is 0 Å². The van der Waals surface area contributed by atoms with Crippen molar-refractivity contribution in [3.8, 4) is 0 Å². The fourth-order valence-electron chi connectivity index (χ4n) is 3.71. The van der Waals surface area contributed by atoms with E-state index in [4.69, 9.17) is 0 Å². The second kappa shape index (κ2) is 5.84. The average molecular weight is 287 g/mol. The van der Waals surface area contributed by atoms with Gasteiger partial charge in [0.25, 0.3) is 0 Å². The summed E-state index contributed by atoms with van der Waals surface area (Å²) in [5.41, 5.74) is 1.84. The topological polar surface area (TPSA) is 23.5 Å². The highest BCUT2D eigenvalue weighted by Crippen LogP contribution is 2.39. The average Bonchev–Trinajstić information content (AvgIpc) is 2.41. The van der Waals surface area contributed by atoms with Crippen LogP contribution >= 0.6 is 0 Å². The Hall–Kier alpha value is -1.28. The largest absolute Gasteiger partial charge is 0.390 e. The lowest BCUT2D eigenvalue weighted by Gasteiger charge is -2.49. The standard InChI is InChI=1S/C19H29NO/c1-15(2)20(17-11-13-19(5,21)14-12-17)18(3,4)16-9-7-6-8-10-16/h6-10,17,21H,1,11-14H2,2-5H3. The summed E-state index contributed by atoms with van der Waals surface area (Å²) in [6.07, 6.45) is 3.78. The summed E-state index contributed by atoms with van der Waals surface area (Å²) in [6, 6.07) is 11.1. The molecule has 21 heavy (non-hydrogen) atoms. The van der Waals surface area contributed by atoms with Gasteiger partial charge < -0.3 is 10.0 Å². The van der Waals surface area contributed by atoms with Crippen molar-refractivity contribution >= 4 is 0 Å². The molecule has 1 saturated carbocycles. The van der Waals surface area contributed by atoms with Gasteiger partial charge in [-0.2, -0.15) is 0 Å². The fourth-order valence-corrected chi connectivity index (χ4v) is 3.71. The molecule has 1 aromatic carbocycles. The zero-order chi connectivity index (χ0) is 15.7. The zero-order valence-corrected chi connectivity index (χ0v) is 13.9. The lowest BCUT2D eigenvalue weighted by molar-refractivity contribution is -0.0168. The van der Waals surface area contributed by atoms with E-state index in [0.717, 1.165) is 31.4 Å². The van der Waals surface area contributed by atoms with E-state index >= 15 is 0 Å². The van der Waals surface area contributed by atoms with Crippen molar-refractivity contribution in [2.45, 2.75) is 70.6 Å². The van der Waals surface area contributed by atoms with Crippen molar-refractivity contribution in [2.24, 2.45) is 0 Å². The van der Waals surface area contributed by atoms with Gasteiger partial charge in [0.05, 0.1) is 11.1 Å². The maximum Gasteiger partial charge on any atom is 0.0621 e. The van der Waals surface area contributed by atoms with Crippen LogP contribution in [0.5, 0.6) is 0 Å². The Bertz CT molecular complexity index is 480. The Balaban J connectivity index is 2.25. The summed E-state index contributed by atoms with van der Waals surface area (Å²) in [4.78, 5) is 2.46. The van der Waals surface area contributed by atoms with E-state index in [1.807, 2.05) is 6.92 Å². The molecule has 1 N–H and O–H groups in total. The summed E-state index contributed by atoms with van der Waals surface area (Å²) in [7, 11) is 0. The molecule has 0 aromatic heterocycles. The predicted molar refractivity (Wildman–Crippen MR) is 89.0 cm³/mol. The molecule has 0 spiro atoms. The Kier molecular flexibility index (Phi) is 4.48. The van der Waals surface area contributed by atoms with Crippen molar-refractivity contribution in [3.05, 3.63) is 48.2 Å². The first-order chi connectivity index (χ1) is 9.74. The molecule has 0 aliphatic heterocycles. The number of allylic oxidation sites excluding steroid dienone is 1. The molecule has 1 aromatic rings. The summed E-state index contributed by atoms with van der Waals surface area (Å²) in [5.74, 6) is 0. The highest BCUT2D eigenvalue weighted by molar-refractivity contribution is 5.25. The zero-order valence-electron chi connectivity index (χ0n) is 13.9. The highest BCUT2D eigenvalue weighted by Gasteiger charge is 2.38. The van der Waals surface area contributed by atoms with Crippen LogP contribution in [-0.4, -0.2) is 21.6 Å². The Morgan fingerprint density at radius 1 is 1.24 bits per heavy atom. The quantitative estimate of drug-likeness (QED) is 0.884. The maximum atomic E-state index is 10.2. The molecular formula is C19H29NO. The molecule has 1 aliphatic carbocycles. The van der Waals surface area contributed by atoms with Crippen LogP contribution < -0.4 is 0 Å².